The number of aryl methyl sites for hydroxylation is 1. The highest BCUT2D eigenvalue weighted by atomic mass is 32.1. The Labute approximate surface area is 106 Å². The molecule has 0 aliphatic rings. The molecular weight excluding hydrogens is 232 g/mol. The van der Waals surface area contributed by atoms with Gasteiger partial charge in [0.1, 0.15) is 0 Å². The fraction of sp³-hybridized carbons (Fsp3) is 0.500. The van der Waals surface area contributed by atoms with E-state index in [1.54, 1.807) is 11.3 Å². The first kappa shape index (κ1) is 12.3. The van der Waals surface area contributed by atoms with Crippen molar-refractivity contribution in [2.45, 2.75) is 32.9 Å². The highest BCUT2D eigenvalue weighted by molar-refractivity contribution is 7.09. The van der Waals surface area contributed by atoms with E-state index in [0.717, 1.165) is 13.1 Å². The zero-order valence-corrected chi connectivity index (χ0v) is 11.3. The van der Waals surface area contributed by atoms with Crippen LogP contribution in [-0.4, -0.2) is 14.8 Å². The van der Waals surface area contributed by atoms with Crippen LogP contribution in [-0.2, 0) is 20.1 Å². The van der Waals surface area contributed by atoms with Gasteiger partial charge in [0, 0.05) is 43.0 Å². The van der Waals surface area contributed by atoms with Crippen molar-refractivity contribution in [3.05, 3.63) is 34.0 Å². The molecule has 0 bridgehead atoms. The molecule has 0 unspecified atom stereocenters. The Morgan fingerprint density at radius 3 is 2.88 bits per heavy atom. The lowest BCUT2D eigenvalue weighted by Gasteiger charge is -2.05. The van der Waals surface area contributed by atoms with E-state index in [4.69, 9.17) is 0 Å². The summed E-state index contributed by atoms with van der Waals surface area (Å²) in [7, 11) is 1.97. The molecule has 0 aliphatic heterocycles. The molecule has 2 aromatic rings. The Morgan fingerprint density at radius 2 is 2.24 bits per heavy atom. The largest absolute Gasteiger partial charge is 0.308 e. The topological polar surface area (TPSA) is 42.7 Å². The summed E-state index contributed by atoms with van der Waals surface area (Å²) in [6.45, 7) is 6.08. The summed E-state index contributed by atoms with van der Waals surface area (Å²) in [5, 5.41) is 7.92. The van der Waals surface area contributed by atoms with Gasteiger partial charge in [0.15, 0.2) is 0 Å². The van der Waals surface area contributed by atoms with E-state index in [1.165, 1.54) is 16.1 Å². The molecule has 0 spiro atoms. The predicted molar refractivity (Wildman–Crippen MR) is 70.0 cm³/mol. The molecule has 0 amide bonds. The van der Waals surface area contributed by atoms with E-state index in [0.29, 0.717) is 5.92 Å². The molecule has 2 aromatic heterocycles. The normalized spacial score (nSPS) is 11.3. The van der Waals surface area contributed by atoms with Crippen LogP contribution in [0.3, 0.4) is 0 Å². The summed E-state index contributed by atoms with van der Waals surface area (Å²) in [5.74, 6) is 0.469. The highest BCUT2D eigenvalue weighted by Crippen LogP contribution is 2.17. The van der Waals surface area contributed by atoms with Gasteiger partial charge in [-0.3, -0.25) is 9.67 Å². The van der Waals surface area contributed by atoms with Crippen LogP contribution in [0.1, 0.15) is 35.9 Å². The summed E-state index contributed by atoms with van der Waals surface area (Å²) in [6, 6.07) is 0. The fourth-order valence-corrected chi connectivity index (χ4v) is 2.39. The van der Waals surface area contributed by atoms with Crippen molar-refractivity contribution in [3.8, 4) is 0 Å². The first-order valence-corrected chi connectivity index (χ1v) is 6.65. The van der Waals surface area contributed by atoms with Gasteiger partial charge < -0.3 is 5.32 Å². The minimum atomic E-state index is 0.469. The lowest BCUT2D eigenvalue weighted by atomic mass is 10.1. The molecule has 2 heterocycles. The number of thiazole rings is 1. The average Bonchev–Trinajstić information content (AvgIpc) is 2.88. The molecule has 0 aromatic carbocycles. The van der Waals surface area contributed by atoms with E-state index in [2.05, 4.69) is 35.4 Å². The van der Waals surface area contributed by atoms with Crippen LogP contribution in [0.2, 0.25) is 0 Å². The quantitative estimate of drug-likeness (QED) is 0.885. The van der Waals surface area contributed by atoms with Crippen molar-refractivity contribution in [3.63, 3.8) is 0 Å². The molecule has 0 saturated heterocycles. The van der Waals surface area contributed by atoms with Gasteiger partial charge in [0.05, 0.1) is 11.2 Å². The van der Waals surface area contributed by atoms with Crippen LogP contribution < -0.4 is 5.32 Å². The SMILES string of the molecule is CC(C)c1nn(C)cc1CNCc1cncs1. The molecule has 0 atom stereocenters. The van der Waals surface area contributed by atoms with Gasteiger partial charge in [0.2, 0.25) is 0 Å². The maximum absolute atomic E-state index is 4.49. The molecule has 17 heavy (non-hydrogen) atoms. The monoisotopic (exact) mass is 250 g/mol. The molecule has 4 nitrogen and oxygen atoms in total. The zero-order valence-electron chi connectivity index (χ0n) is 10.5. The fourth-order valence-electron chi connectivity index (χ4n) is 1.83. The second-order valence-electron chi connectivity index (χ2n) is 4.44. The number of hydrogen-bond acceptors (Lipinski definition) is 4. The summed E-state index contributed by atoms with van der Waals surface area (Å²) < 4.78 is 1.89. The van der Waals surface area contributed by atoms with Gasteiger partial charge in [-0.15, -0.1) is 11.3 Å². The highest BCUT2D eigenvalue weighted by Gasteiger charge is 2.10. The molecule has 5 heteroatoms. The van der Waals surface area contributed by atoms with E-state index < -0.39 is 0 Å². The Morgan fingerprint density at radius 1 is 1.41 bits per heavy atom. The van der Waals surface area contributed by atoms with E-state index >= 15 is 0 Å². The number of rotatable bonds is 5. The summed E-state index contributed by atoms with van der Waals surface area (Å²) >= 11 is 1.68. The van der Waals surface area contributed by atoms with Crippen molar-refractivity contribution in [2.75, 3.05) is 0 Å². The molecule has 0 saturated carbocycles. The van der Waals surface area contributed by atoms with Gasteiger partial charge in [-0.05, 0) is 5.92 Å². The maximum Gasteiger partial charge on any atom is 0.0794 e. The Kier molecular flexibility index (Phi) is 3.91. The lowest BCUT2D eigenvalue weighted by Crippen LogP contribution is -2.12. The first-order chi connectivity index (χ1) is 8.16. The third-order valence-corrected chi connectivity index (χ3v) is 3.36. The molecule has 0 aliphatic carbocycles. The van der Waals surface area contributed by atoms with Crippen LogP contribution in [0.4, 0.5) is 0 Å². The van der Waals surface area contributed by atoms with Crippen molar-refractivity contribution in [1.82, 2.24) is 20.1 Å². The van der Waals surface area contributed by atoms with Crippen LogP contribution in [0.15, 0.2) is 17.9 Å². The average molecular weight is 250 g/mol. The minimum Gasteiger partial charge on any atom is -0.308 e. The van der Waals surface area contributed by atoms with E-state index in [1.807, 2.05) is 23.4 Å². The molecule has 0 fully saturated rings. The molecular formula is C12H18N4S. The van der Waals surface area contributed by atoms with Crippen molar-refractivity contribution >= 4 is 11.3 Å². The van der Waals surface area contributed by atoms with Gasteiger partial charge in [-0.25, -0.2) is 0 Å². The summed E-state index contributed by atoms with van der Waals surface area (Å²) in [5.41, 5.74) is 4.33. The second-order valence-corrected chi connectivity index (χ2v) is 5.41. The Bertz CT molecular complexity index is 459. The van der Waals surface area contributed by atoms with Crippen LogP contribution in [0, 0.1) is 0 Å². The third kappa shape index (κ3) is 3.14. The maximum atomic E-state index is 4.49. The molecule has 0 radical (unpaired) electrons. The molecule has 2 rings (SSSR count). The number of hydrogen-bond donors (Lipinski definition) is 1. The third-order valence-electron chi connectivity index (χ3n) is 2.58. The van der Waals surface area contributed by atoms with Crippen LogP contribution in [0.5, 0.6) is 0 Å². The number of nitrogens with zero attached hydrogens (tertiary/aromatic N) is 3. The smallest absolute Gasteiger partial charge is 0.0794 e. The molecule has 1 N–H and O–H groups in total. The summed E-state index contributed by atoms with van der Waals surface area (Å²) in [6.07, 6.45) is 4.00. The van der Waals surface area contributed by atoms with Gasteiger partial charge >= 0.3 is 0 Å². The van der Waals surface area contributed by atoms with Crippen molar-refractivity contribution < 1.29 is 0 Å². The molecule has 92 valence electrons. The predicted octanol–water partition coefficient (Wildman–Crippen LogP) is 2.29. The Balaban J connectivity index is 1.94. The second kappa shape index (κ2) is 5.42. The summed E-state index contributed by atoms with van der Waals surface area (Å²) in [4.78, 5) is 5.32. The van der Waals surface area contributed by atoms with Gasteiger partial charge in [-0.1, -0.05) is 13.8 Å². The minimum absolute atomic E-state index is 0.469. The van der Waals surface area contributed by atoms with Gasteiger partial charge in [0.25, 0.3) is 0 Å². The number of nitrogens with one attached hydrogen (secondary N) is 1. The van der Waals surface area contributed by atoms with E-state index in [-0.39, 0.29) is 0 Å². The van der Waals surface area contributed by atoms with Crippen LogP contribution in [0.25, 0.3) is 0 Å². The van der Waals surface area contributed by atoms with Crippen molar-refractivity contribution in [1.29, 1.82) is 0 Å². The number of aromatic nitrogens is 3. The van der Waals surface area contributed by atoms with E-state index in [9.17, 15) is 0 Å². The van der Waals surface area contributed by atoms with Crippen molar-refractivity contribution in [2.24, 2.45) is 7.05 Å². The van der Waals surface area contributed by atoms with Gasteiger partial charge in [-0.2, -0.15) is 5.10 Å². The Hall–Kier alpha value is -1.20. The van der Waals surface area contributed by atoms with Crippen LogP contribution >= 0.6 is 11.3 Å². The standard InChI is InChI=1S/C12H18N4S/c1-9(2)12-10(7-16(3)15-12)4-13-5-11-6-14-8-17-11/h6-9,13H,4-5H2,1-3H3. The lowest BCUT2D eigenvalue weighted by molar-refractivity contribution is 0.682. The first-order valence-electron chi connectivity index (χ1n) is 5.77. The zero-order chi connectivity index (χ0) is 12.3.